The van der Waals surface area contributed by atoms with E-state index in [0.29, 0.717) is 17.8 Å². The molecular weight excluding hydrogens is 317 g/mol. The van der Waals surface area contributed by atoms with Gasteiger partial charge in [-0.25, -0.2) is 4.39 Å². The Hall–Kier alpha value is -2.27. The Labute approximate surface area is 148 Å². The molecule has 4 nitrogen and oxygen atoms in total. The van der Waals surface area contributed by atoms with Crippen LogP contribution in [-0.4, -0.2) is 54.4 Å². The molecular formula is C20H24FN3O. The van der Waals surface area contributed by atoms with Gasteiger partial charge in [0.25, 0.3) is 0 Å². The third-order valence-corrected chi connectivity index (χ3v) is 4.70. The molecule has 1 aromatic carbocycles. The predicted octanol–water partition coefficient (Wildman–Crippen LogP) is 3.16. The van der Waals surface area contributed by atoms with Gasteiger partial charge in [0.15, 0.2) is 0 Å². The van der Waals surface area contributed by atoms with E-state index in [9.17, 15) is 9.18 Å². The van der Waals surface area contributed by atoms with Crippen LogP contribution in [0.5, 0.6) is 0 Å². The topological polar surface area (TPSA) is 36.4 Å². The van der Waals surface area contributed by atoms with Crippen molar-refractivity contribution < 1.29 is 9.18 Å². The number of rotatable bonds is 4. The molecule has 1 fully saturated rings. The summed E-state index contributed by atoms with van der Waals surface area (Å²) in [5.74, 6) is 0.137. The average Bonchev–Trinajstić information content (AvgIpc) is 2.62. The van der Waals surface area contributed by atoms with Gasteiger partial charge < -0.3 is 4.90 Å². The highest BCUT2D eigenvalue weighted by atomic mass is 19.1. The van der Waals surface area contributed by atoms with Crippen LogP contribution in [0.25, 0.3) is 11.3 Å². The fraction of sp³-hybridized carbons (Fsp3) is 0.400. The number of carbonyl (C=O) groups excluding carboxylic acids is 1. The molecule has 1 aliphatic rings. The van der Waals surface area contributed by atoms with Crippen molar-refractivity contribution in [1.82, 2.24) is 14.8 Å². The molecule has 1 atom stereocenters. The lowest BCUT2D eigenvalue weighted by molar-refractivity contribution is -0.130. The highest BCUT2D eigenvalue weighted by Gasteiger charge is 2.24. The van der Waals surface area contributed by atoms with Crippen LogP contribution < -0.4 is 0 Å². The zero-order chi connectivity index (χ0) is 17.8. The summed E-state index contributed by atoms with van der Waals surface area (Å²) in [5.41, 5.74) is 2.17. The van der Waals surface area contributed by atoms with Crippen LogP contribution in [0.4, 0.5) is 4.39 Å². The van der Waals surface area contributed by atoms with Gasteiger partial charge in [-0.05, 0) is 43.7 Å². The van der Waals surface area contributed by atoms with E-state index in [1.807, 2.05) is 24.3 Å². The number of benzene rings is 1. The van der Waals surface area contributed by atoms with E-state index in [2.05, 4.69) is 4.90 Å². The molecule has 0 radical (unpaired) electrons. The number of hydrogen-bond acceptors (Lipinski definition) is 3. The number of likely N-dealkylation sites (tertiary alicyclic amines) is 1. The quantitative estimate of drug-likeness (QED) is 0.857. The second kappa shape index (κ2) is 7.74. The van der Waals surface area contributed by atoms with Crippen LogP contribution in [0.3, 0.4) is 0 Å². The Balaban J connectivity index is 1.77. The number of likely N-dealkylation sites (N-methyl/N-ethyl adjacent to an activating group) is 1. The van der Waals surface area contributed by atoms with E-state index < -0.39 is 0 Å². The number of halogens is 1. The molecule has 0 unspecified atom stereocenters. The second-order valence-corrected chi connectivity index (χ2v) is 6.79. The molecule has 2 aromatic rings. The minimum absolute atomic E-state index is 0.119. The van der Waals surface area contributed by atoms with Gasteiger partial charge >= 0.3 is 0 Å². The van der Waals surface area contributed by atoms with Gasteiger partial charge in [-0.3, -0.25) is 14.7 Å². The largest absolute Gasteiger partial charge is 0.348 e. The summed E-state index contributed by atoms with van der Waals surface area (Å²) in [7, 11) is 3.56. The van der Waals surface area contributed by atoms with Crippen LogP contribution in [0.1, 0.15) is 24.5 Å². The molecule has 0 spiro atoms. The summed E-state index contributed by atoms with van der Waals surface area (Å²) in [6.07, 6.45) is 2.08. The molecule has 25 heavy (non-hydrogen) atoms. The lowest BCUT2D eigenvalue weighted by Gasteiger charge is -2.32. The standard InChI is InChI=1S/C20H24FN3O/c1-23(2)20(25)14-24-12-6-7-15(13-24)18-10-5-11-19(22-18)16-8-3-4-9-17(16)21/h3-5,8-11,15H,6-7,12-14H2,1-2H3/t15-/m1/s1. The number of aromatic nitrogens is 1. The number of carbonyl (C=O) groups is 1. The summed E-state index contributed by atoms with van der Waals surface area (Å²) in [4.78, 5) is 20.5. The van der Waals surface area contributed by atoms with Crippen molar-refractivity contribution in [2.24, 2.45) is 0 Å². The third kappa shape index (κ3) is 4.23. The molecule has 0 N–H and O–H groups in total. The molecule has 0 bridgehead atoms. The van der Waals surface area contributed by atoms with Crippen molar-refractivity contribution in [2.45, 2.75) is 18.8 Å². The van der Waals surface area contributed by atoms with E-state index in [4.69, 9.17) is 4.98 Å². The minimum atomic E-state index is -0.256. The Morgan fingerprint density at radius 2 is 2.04 bits per heavy atom. The van der Waals surface area contributed by atoms with E-state index >= 15 is 0 Å². The molecule has 0 aliphatic carbocycles. The zero-order valence-electron chi connectivity index (χ0n) is 14.8. The van der Waals surface area contributed by atoms with Crippen molar-refractivity contribution in [2.75, 3.05) is 33.7 Å². The van der Waals surface area contributed by atoms with E-state index in [0.717, 1.165) is 31.6 Å². The molecule has 0 saturated carbocycles. The molecule has 1 aliphatic heterocycles. The molecule has 2 heterocycles. The van der Waals surface area contributed by atoms with Gasteiger partial charge in [-0.1, -0.05) is 18.2 Å². The van der Waals surface area contributed by atoms with Gasteiger partial charge in [0.2, 0.25) is 5.91 Å². The first-order valence-corrected chi connectivity index (χ1v) is 8.69. The SMILES string of the molecule is CN(C)C(=O)CN1CCC[C@@H](c2cccc(-c3ccccc3F)n2)C1. The van der Waals surface area contributed by atoms with Crippen molar-refractivity contribution >= 4 is 5.91 Å². The molecule has 1 saturated heterocycles. The van der Waals surface area contributed by atoms with Crippen LogP contribution in [0.15, 0.2) is 42.5 Å². The summed E-state index contributed by atoms with van der Waals surface area (Å²) in [5, 5.41) is 0. The summed E-state index contributed by atoms with van der Waals surface area (Å²) in [6, 6.07) is 12.5. The number of nitrogens with zero attached hydrogens (tertiary/aromatic N) is 3. The first kappa shape index (κ1) is 17.5. The molecule has 3 rings (SSSR count). The summed E-state index contributed by atoms with van der Waals surface area (Å²) < 4.78 is 14.0. The first-order valence-electron chi connectivity index (χ1n) is 8.69. The minimum Gasteiger partial charge on any atom is -0.348 e. The second-order valence-electron chi connectivity index (χ2n) is 6.79. The Morgan fingerprint density at radius 1 is 1.24 bits per heavy atom. The predicted molar refractivity (Wildman–Crippen MR) is 96.7 cm³/mol. The van der Waals surface area contributed by atoms with Gasteiger partial charge in [0.1, 0.15) is 5.82 Å². The fourth-order valence-corrected chi connectivity index (χ4v) is 3.27. The Morgan fingerprint density at radius 3 is 2.80 bits per heavy atom. The van der Waals surface area contributed by atoms with Crippen molar-refractivity contribution in [3.8, 4) is 11.3 Å². The van der Waals surface area contributed by atoms with E-state index in [1.165, 1.54) is 6.07 Å². The van der Waals surface area contributed by atoms with Crippen molar-refractivity contribution in [3.63, 3.8) is 0 Å². The number of hydrogen-bond donors (Lipinski definition) is 0. The normalized spacial score (nSPS) is 18.1. The average molecular weight is 341 g/mol. The molecule has 132 valence electrons. The molecule has 1 aromatic heterocycles. The first-order chi connectivity index (χ1) is 12.0. The monoisotopic (exact) mass is 341 g/mol. The highest BCUT2D eigenvalue weighted by Crippen LogP contribution is 2.28. The van der Waals surface area contributed by atoms with E-state index in [-0.39, 0.29) is 17.6 Å². The lowest BCUT2D eigenvalue weighted by atomic mass is 9.93. The van der Waals surface area contributed by atoms with Crippen LogP contribution in [-0.2, 0) is 4.79 Å². The number of piperidine rings is 1. The zero-order valence-corrected chi connectivity index (χ0v) is 14.8. The third-order valence-electron chi connectivity index (χ3n) is 4.70. The van der Waals surface area contributed by atoms with Gasteiger partial charge in [0.05, 0.1) is 12.2 Å². The maximum atomic E-state index is 14.0. The summed E-state index contributed by atoms with van der Waals surface area (Å²) >= 11 is 0. The fourth-order valence-electron chi connectivity index (χ4n) is 3.27. The molecule has 5 heteroatoms. The van der Waals surface area contributed by atoms with Gasteiger partial charge in [-0.15, -0.1) is 0 Å². The number of pyridine rings is 1. The highest BCUT2D eigenvalue weighted by molar-refractivity contribution is 5.77. The maximum absolute atomic E-state index is 14.0. The van der Waals surface area contributed by atoms with E-state index in [1.54, 1.807) is 31.1 Å². The lowest BCUT2D eigenvalue weighted by Crippen LogP contribution is -2.41. The van der Waals surface area contributed by atoms with Gasteiger partial charge in [-0.2, -0.15) is 0 Å². The van der Waals surface area contributed by atoms with Crippen LogP contribution in [0, 0.1) is 5.82 Å². The summed E-state index contributed by atoms with van der Waals surface area (Å²) in [6.45, 7) is 2.19. The van der Waals surface area contributed by atoms with Gasteiger partial charge in [0, 0.05) is 37.8 Å². The van der Waals surface area contributed by atoms with Crippen LogP contribution in [0.2, 0.25) is 0 Å². The Bertz CT molecular complexity index is 747. The molecule has 1 amide bonds. The van der Waals surface area contributed by atoms with Crippen LogP contribution >= 0.6 is 0 Å². The van der Waals surface area contributed by atoms with Crippen molar-refractivity contribution in [3.05, 3.63) is 54.0 Å². The number of amides is 1. The Kier molecular flexibility index (Phi) is 5.43. The maximum Gasteiger partial charge on any atom is 0.236 e. The smallest absolute Gasteiger partial charge is 0.236 e. The van der Waals surface area contributed by atoms with Crippen molar-refractivity contribution in [1.29, 1.82) is 0 Å².